The van der Waals surface area contributed by atoms with E-state index in [-0.39, 0.29) is 11.9 Å². The van der Waals surface area contributed by atoms with E-state index in [0.717, 1.165) is 32.4 Å². The molecule has 1 aliphatic heterocycles. The van der Waals surface area contributed by atoms with Crippen molar-refractivity contribution in [3.63, 3.8) is 0 Å². The van der Waals surface area contributed by atoms with Gasteiger partial charge in [-0.3, -0.25) is 9.69 Å². The monoisotopic (exact) mass is 229 g/mol. The largest absolute Gasteiger partial charge is 0.393 e. The maximum Gasteiger partial charge on any atom is 0.237 e. The molecule has 1 amide bonds. The highest BCUT2D eigenvalue weighted by molar-refractivity contribution is 7.80. The van der Waals surface area contributed by atoms with Crippen molar-refractivity contribution >= 4 is 23.1 Å². The van der Waals surface area contributed by atoms with Crippen LogP contribution in [0.4, 0.5) is 0 Å². The lowest BCUT2D eigenvalue weighted by Gasteiger charge is -2.25. The topological polar surface area (TPSA) is 58.4 Å². The number of thiocarbonyl (C=S) groups is 1. The molecule has 0 aromatic heterocycles. The average Bonchev–Trinajstić information content (AvgIpc) is 2.39. The van der Waals surface area contributed by atoms with Crippen LogP contribution in [0.5, 0.6) is 0 Å². The molecule has 0 bridgehead atoms. The summed E-state index contributed by atoms with van der Waals surface area (Å²) in [7, 11) is 1.95. The van der Waals surface area contributed by atoms with E-state index < -0.39 is 0 Å². The van der Waals surface area contributed by atoms with Gasteiger partial charge in [0, 0.05) is 19.5 Å². The van der Waals surface area contributed by atoms with E-state index in [9.17, 15) is 4.79 Å². The van der Waals surface area contributed by atoms with Crippen LogP contribution in [0.1, 0.15) is 25.7 Å². The number of nitrogens with zero attached hydrogens (tertiary/aromatic N) is 1. The standard InChI is InChI=1S/C10H19N3OS/c1-13(7-5-9(11)15)8-4-2-3-6-12-10(8)14/h8H,2-7H2,1H3,(H2,11,15)(H,12,14). The van der Waals surface area contributed by atoms with Crippen LogP contribution in [0.2, 0.25) is 0 Å². The SMILES string of the molecule is CN(CCC(N)=S)C1CCCCNC1=O. The van der Waals surface area contributed by atoms with Gasteiger partial charge in [0.2, 0.25) is 5.91 Å². The fraction of sp³-hybridized carbons (Fsp3) is 0.800. The Kier molecular flexibility index (Phi) is 4.98. The Bertz CT molecular complexity index is 245. The molecule has 15 heavy (non-hydrogen) atoms. The van der Waals surface area contributed by atoms with Crippen LogP contribution in [-0.4, -0.2) is 42.0 Å². The summed E-state index contributed by atoms with van der Waals surface area (Å²) in [5.74, 6) is 0.137. The molecule has 5 heteroatoms. The number of carbonyl (C=O) groups is 1. The van der Waals surface area contributed by atoms with E-state index in [0.29, 0.717) is 11.4 Å². The van der Waals surface area contributed by atoms with E-state index in [1.165, 1.54) is 0 Å². The molecule has 1 unspecified atom stereocenters. The van der Waals surface area contributed by atoms with Crippen molar-refractivity contribution in [2.24, 2.45) is 5.73 Å². The molecule has 1 aliphatic rings. The van der Waals surface area contributed by atoms with Gasteiger partial charge in [-0.15, -0.1) is 0 Å². The summed E-state index contributed by atoms with van der Waals surface area (Å²) in [6, 6.07) is -0.0122. The molecule has 0 aliphatic carbocycles. The van der Waals surface area contributed by atoms with Crippen molar-refractivity contribution in [1.82, 2.24) is 10.2 Å². The zero-order valence-electron chi connectivity index (χ0n) is 9.16. The van der Waals surface area contributed by atoms with Crippen molar-refractivity contribution in [3.8, 4) is 0 Å². The second kappa shape index (κ2) is 6.02. The Morgan fingerprint density at radius 2 is 2.40 bits per heavy atom. The third-order valence-electron chi connectivity index (χ3n) is 2.75. The van der Waals surface area contributed by atoms with Gasteiger partial charge >= 0.3 is 0 Å². The molecule has 0 aromatic rings. The number of amides is 1. The Labute approximate surface area is 96.2 Å². The number of hydrogen-bond donors (Lipinski definition) is 2. The molecule has 1 rings (SSSR count). The first-order valence-electron chi connectivity index (χ1n) is 5.37. The first-order chi connectivity index (χ1) is 7.11. The minimum atomic E-state index is -0.0122. The van der Waals surface area contributed by atoms with Gasteiger partial charge < -0.3 is 11.1 Å². The smallest absolute Gasteiger partial charge is 0.237 e. The molecule has 1 saturated heterocycles. The zero-order chi connectivity index (χ0) is 11.3. The third-order valence-corrected chi connectivity index (χ3v) is 2.95. The van der Waals surface area contributed by atoms with E-state index in [2.05, 4.69) is 5.32 Å². The minimum Gasteiger partial charge on any atom is -0.393 e. The molecular formula is C10H19N3OS. The maximum absolute atomic E-state index is 11.7. The van der Waals surface area contributed by atoms with Crippen LogP contribution in [0, 0.1) is 0 Å². The third kappa shape index (κ3) is 4.13. The lowest BCUT2D eigenvalue weighted by Crippen LogP contribution is -2.44. The highest BCUT2D eigenvalue weighted by atomic mass is 32.1. The molecule has 86 valence electrons. The van der Waals surface area contributed by atoms with Gasteiger partial charge in [-0.25, -0.2) is 0 Å². The second-order valence-corrected chi connectivity index (χ2v) is 4.52. The average molecular weight is 229 g/mol. The predicted molar refractivity (Wildman–Crippen MR) is 64.7 cm³/mol. The fourth-order valence-electron chi connectivity index (χ4n) is 1.79. The first-order valence-corrected chi connectivity index (χ1v) is 5.78. The van der Waals surface area contributed by atoms with Crippen LogP contribution < -0.4 is 11.1 Å². The van der Waals surface area contributed by atoms with Crippen LogP contribution in [0.25, 0.3) is 0 Å². The molecule has 1 atom stereocenters. The van der Waals surface area contributed by atoms with E-state index in [4.69, 9.17) is 18.0 Å². The van der Waals surface area contributed by atoms with Gasteiger partial charge in [0.25, 0.3) is 0 Å². The summed E-state index contributed by atoms with van der Waals surface area (Å²) in [6.45, 7) is 1.56. The predicted octanol–water partition coefficient (Wildman–Crippen LogP) is 0.263. The van der Waals surface area contributed by atoms with Crippen LogP contribution >= 0.6 is 12.2 Å². The van der Waals surface area contributed by atoms with Gasteiger partial charge in [0.15, 0.2) is 0 Å². The van der Waals surface area contributed by atoms with Gasteiger partial charge in [0.05, 0.1) is 11.0 Å². The van der Waals surface area contributed by atoms with E-state index in [1.807, 2.05) is 11.9 Å². The molecule has 0 radical (unpaired) electrons. The van der Waals surface area contributed by atoms with Crippen LogP contribution in [0.15, 0.2) is 0 Å². The minimum absolute atomic E-state index is 0.0122. The summed E-state index contributed by atoms with van der Waals surface area (Å²) in [6.07, 6.45) is 3.78. The summed E-state index contributed by atoms with van der Waals surface area (Å²) in [4.78, 5) is 14.2. The quantitative estimate of drug-likeness (QED) is 0.679. The van der Waals surface area contributed by atoms with Gasteiger partial charge in [-0.1, -0.05) is 12.2 Å². The van der Waals surface area contributed by atoms with Gasteiger partial charge in [-0.05, 0) is 26.3 Å². The molecule has 4 nitrogen and oxygen atoms in total. The number of likely N-dealkylation sites (N-methyl/N-ethyl adjacent to an activating group) is 1. The molecule has 1 heterocycles. The van der Waals surface area contributed by atoms with Crippen molar-refractivity contribution in [1.29, 1.82) is 0 Å². The van der Waals surface area contributed by atoms with Crippen molar-refractivity contribution < 1.29 is 4.79 Å². The molecular weight excluding hydrogens is 210 g/mol. The van der Waals surface area contributed by atoms with Gasteiger partial charge in [0.1, 0.15) is 0 Å². The summed E-state index contributed by atoms with van der Waals surface area (Å²) in [5.41, 5.74) is 5.44. The molecule has 1 fully saturated rings. The molecule has 0 aromatic carbocycles. The van der Waals surface area contributed by atoms with Gasteiger partial charge in [-0.2, -0.15) is 0 Å². The molecule has 0 spiro atoms. The number of hydrogen-bond acceptors (Lipinski definition) is 3. The maximum atomic E-state index is 11.7. The number of nitrogens with two attached hydrogens (primary N) is 1. The van der Waals surface area contributed by atoms with E-state index >= 15 is 0 Å². The zero-order valence-corrected chi connectivity index (χ0v) is 9.98. The lowest BCUT2D eigenvalue weighted by atomic mass is 10.1. The van der Waals surface area contributed by atoms with E-state index in [1.54, 1.807) is 0 Å². The van der Waals surface area contributed by atoms with Crippen molar-refractivity contribution in [2.45, 2.75) is 31.7 Å². The highest BCUT2D eigenvalue weighted by Gasteiger charge is 2.24. The Balaban J connectivity index is 2.44. The Morgan fingerprint density at radius 3 is 3.07 bits per heavy atom. The molecule has 0 saturated carbocycles. The van der Waals surface area contributed by atoms with Crippen LogP contribution in [-0.2, 0) is 4.79 Å². The molecule has 3 N–H and O–H groups in total. The highest BCUT2D eigenvalue weighted by Crippen LogP contribution is 2.11. The Hall–Kier alpha value is -0.680. The summed E-state index contributed by atoms with van der Waals surface area (Å²) in [5, 5.41) is 2.92. The van der Waals surface area contributed by atoms with Crippen LogP contribution in [0.3, 0.4) is 0 Å². The number of rotatable bonds is 4. The first kappa shape index (κ1) is 12.4. The fourth-order valence-corrected chi connectivity index (χ4v) is 1.88. The summed E-state index contributed by atoms with van der Waals surface area (Å²) >= 11 is 4.82. The van der Waals surface area contributed by atoms with Crippen molar-refractivity contribution in [3.05, 3.63) is 0 Å². The lowest BCUT2D eigenvalue weighted by molar-refractivity contribution is -0.125. The van der Waals surface area contributed by atoms with Crippen molar-refractivity contribution in [2.75, 3.05) is 20.1 Å². The normalized spacial score (nSPS) is 22.3. The number of carbonyl (C=O) groups excluding carboxylic acids is 1. The number of nitrogens with one attached hydrogen (secondary N) is 1. The second-order valence-electron chi connectivity index (χ2n) is 4.00. The summed E-state index contributed by atoms with van der Waals surface area (Å²) < 4.78 is 0. The Morgan fingerprint density at radius 1 is 1.67 bits per heavy atom.